The second-order valence-electron chi connectivity index (χ2n) is 17.5. The van der Waals surface area contributed by atoms with E-state index >= 15 is 0 Å². The first-order valence-electron chi connectivity index (χ1n) is 26.6. The van der Waals surface area contributed by atoms with Gasteiger partial charge in [0.05, 0.1) is 26.4 Å². The third-order valence-corrected chi connectivity index (χ3v) is 12.0. The zero-order valence-electron chi connectivity index (χ0n) is 42.1. The number of phosphoric acid groups is 1. The van der Waals surface area contributed by atoms with Gasteiger partial charge in [-0.2, -0.15) is 0 Å². The van der Waals surface area contributed by atoms with E-state index in [0.717, 1.165) is 83.5 Å². The minimum absolute atomic E-state index is 0.0384. The van der Waals surface area contributed by atoms with Crippen LogP contribution in [0.5, 0.6) is 0 Å². The summed E-state index contributed by atoms with van der Waals surface area (Å²) in [7, 11) is -4.53. The summed E-state index contributed by atoms with van der Waals surface area (Å²) in [6.07, 6.45) is 65.5. The van der Waals surface area contributed by atoms with Crippen LogP contribution in [-0.4, -0.2) is 66.3 Å². The summed E-state index contributed by atoms with van der Waals surface area (Å²) in [6, 6.07) is 0. The van der Waals surface area contributed by atoms with Crippen LogP contribution in [0.2, 0.25) is 0 Å². The van der Waals surface area contributed by atoms with Gasteiger partial charge in [-0.25, -0.2) is 4.57 Å². The van der Waals surface area contributed by atoms with E-state index in [0.29, 0.717) is 13.0 Å². The van der Waals surface area contributed by atoms with Gasteiger partial charge in [-0.05, 0) is 89.9 Å². The number of aliphatic hydroxyl groups excluding tert-OH is 2. The van der Waals surface area contributed by atoms with Crippen LogP contribution in [0.15, 0.2) is 85.1 Å². The topological polar surface area (TPSA) is 132 Å². The molecule has 0 bridgehead atoms. The summed E-state index contributed by atoms with van der Waals surface area (Å²) in [6.45, 7) is 3.38. The van der Waals surface area contributed by atoms with Gasteiger partial charge >= 0.3 is 13.8 Å². The Morgan fingerprint density at radius 3 is 1.30 bits per heavy atom. The van der Waals surface area contributed by atoms with Crippen molar-refractivity contribution >= 4 is 13.8 Å². The number of hydrogen-bond donors (Lipinski definition) is 3. The maximum atomic E-state index is 12.7. The SMILES string of the molecule is CC/C=C\C/C=C\C/C=C\C/C=C\C/C=C\CCCCCCCCCC(=O)OC(COCCCCCCCCCCCC/C=C\C/C=C\CCCCCCC)COP(=O)(O)OCC(O)CO. The normalized spacial score (nSPS) is 14.4. The Morgan fingerprint density at radius 2 is 0.864 bits per heavy atom. The highest BCUT2D eigenvalue weighted by atomic mass is 31.2. The van der Waals surface area contributed by atoms with Crippen LogP contribution in [-0.2, 0) is 27.9 Å². The van der Waals surface area contributed by atoms with Crippen molar-refractivity contribution in [2.75, 3.05) is 33.0 Å². The second-order valence-corrected chi connectivity index (χ2v) is 19.0. The fraction of sp³-hybridized carbons (Fsp3) is 0.732. The van der Waals surface area contributed by atoms with E-state index in [1.807, 2.05) is 0 Å². The summed E-state index contributed by atoms with van der Waals surface area (Å²) in [5, 5.41) is 18.4. The molecule has 0 saturated heterocycles. The number of aliphatic hydroxyl groups is 2. The lowest BCUT2D eigenvalue weighted by Crippen LogP contribution is -2.29. The molecule has 3 atom stereocenters. The molecule has 0 aliphatic heterocycles. The fourth-order valence-electron chi connectivity index (χ4n) is 7.06. The number of esters is 1. The monoisotopic (exact) mass is 947 g/mol. The van der Waals surface area contributed by atoms with E-state index in [1.54, 1.807) is 0 Å². The van der Waals surface area contributed by atoms with E-state index in [4.69, 9.17) is 23.6 Å². The maximum Gasteiger partial charge on any atom is 0.472 e. The molecular formula is C56H99O9P. The lowest BCUT2D eigenvalue weighted by atomic mass is 10.1. The highest BCUT2D eigenvalue weighted by molar-refractivity contribution is 7.47. The van der Waals surface area contributed by atoms with Crippen LogP contribution in [0.4, 0.5) is 0 Å². The Bertz CT molecular complexity index is 1300. The van der Waals surface area contributed by atoms with Crippen molar-refractivity contribution in [2.24, 2.45) is 0 Å². The minimum atomic E-state index is -4.53. The smallest absolute Gasteiger partial charge is 0.457 e. The van der Waals surface area contributed by atoms with Gasteiger partial charge in [-0.3, -0.25) is 13.8 Å². The molecule has 0 aliphatic rings. The molecule has 3 unspecified atom stereocenters. The highest BCUT2D eigenvalue weighted by Gasteiger charge is 2.26. The summed E-state index contributed by atoms with van der Waals surface area (Å²) >= 11 is 0. The van der Waals surface area contributed by atoms with Gasteiger partial charge in [0, 0.05) is 13.0 Å². The van der Waals surface area contributed by atoms with Gasteiger partial charge < -0.3 is 24.6 Å². The number of carbonyl (C=O) groups is 1. The van der Waals surface area contributed by atoms with E-state index in [9.17, 15) is 19.4 Å². The standard InChI is InChI=1S/C56H99O9P/c1-3-5-7-9-11-13-15-17-19-21-23-25-27-28-30-32-34-36-38-40-42-44-46-48-56(59)65-55(53-64-66(60,61)63-51-54(58)50-57)52-62-49-47-45-43-41-39-37-35-33-31-29-26-24-22-20-18-16-14-12-10-8-6-4-2/h5,7,11,13,16-19,22-25,28,30,54-55,57-58H,3-4,6,8-10,12,14-15,20-21,26-27,29,31-53H2,1-2H3,(H,60,61)/b7-5-,13-11-,18-16-,19-17-,24-22-,25-23-,30-28-. The van der Waals surface area contributed by atoms with Crippen molar-refractivity contribution < 1.29 is 43.0 Å². The Kier molecular flexibility index (Phi) is 50.2. The molecule has 66 heavy (non-hydrogen) atoms. The largest absolute Gasteiger partial charge is 0.472 e. The number of ether oxygens (including phenoxy) is 2. The molecule has 0 aromatic rings. The summed E-state index contributed by atoms with van der Waals surface area (Å²) in [5.74, 6) is -0.396. The molecule has 0 rings (SSSR count). The predicted molar refractivity (Wildman–Crippen MR) is 279 cm³/mol. The van der Waals surface area contributed by atoms with Crippen molar-refractivity contribution in [2.45, 2.75) is 232 Å². The van der Waals surface area contributed by atoms with Crippen LogP contribution in [0.3, 0.4) is 0 Å². The van der Waals surface area contributed by atoms with E-state index in [1.165, 1.54) is 109 Å². The summed E-state index contributed by atoms with van der Waals surface area (Å²) in [4.78, 5) is 22.7. The minimum Gasteiger partial charge on any atom is -0.457 e. The molecule has 382 valence electrons. The molecule has 0 fully saturated rings. The van der Waals surface area contributed by atoms with Crippen molar-refractivity contribution in [1.29, 1.82) is 0 Å². The summed E-state index contributed by atoms with van der Waals surface area (Å²) in [5.41, 5.74) is 0. The van der Waals surface area contributed by atoms with E-state index in [-0.39, 0.29) is 19.6 Å². The zero-order chi connectivity index (χ0) is 48.1. The summed E-state index contributed by atoms with van der Waals surface area (Å²) < 4.78 is 33.6. The van der Waals surface area contributed by atoms with Gasteiger partial charge in [-0.15, -0.1) is 0 Å². The first-order chi connectivity index (χ1) is 32.3. The van der Waals surface area contributed by atoms with Crippen LogP contribution >= 0.6 is 7.82 Å². The lowest BCUT2D eigenvalue weighted by molar-refractivity contribution is -0.154. The van der Waals surface area contributed by atoms with Crippen molar-refractivity contribution in [3.63, 3.8) is 0 Å². The quantitative estimate of drug-likeness (QED) is 0.0236. The van der Waals surface area contributed by atoms with Crippen LogP contribution in [0.25, 0.3) is 0 Å². The Balaban J connectivity index is 4.11. The number of phosphoric ester groups is 1. The number of unbranched alkanes of at least 4 members (excludes halogenated alkanes) is 22. The Morgan fingerprint density at radius 1 is 0.485 bits per heavy atom. The van der Waals surface area contributed by atoms with Gasteiger partial charge in [0.2, 0.25) is 0 Å². The fourth-order valence-corrected chi connectivity index (χ4v) is 7.85. The Hall–Kier alpha value is -2.36. The average Bonchev–Trinajstić information content (AvgIpc) is 3.31. The zero-order valence-corrected chi connectivity index (χ0v) is 43.0. The number of rotatable bonds is 50. The first kappa shape index (κ1) is 63.6. The molecule has 3 N–H and O–H groups in total. The molecule has 0 amide bonds. The number of allylic oxidation sites excluding steroid dienone is 14. The average molecular weight is 947 g/mol. The first-order valence-corrected chi connectivity index (χ1v) is 28.1. The molecule has 0 aromatic heterocycles. The molecule has 9 nitrogen and oxygen atoms in total. The van der Waals surface area contributed by atoms with Crippen molar-refractivity contribution in [1.82, 2.24) is 0 Å². The number of carbonyl (C=O) groups excluding carboxylic acids is 1. The molecule has 0 saturated carbocycles. The second kappa shape index (κ2) is 52.0. The maximum absolute atomic E-state index is 12.7. The van der Waals surface area contributed by atoms with Crippen molar-refractivity contribution in [3.8, 4) is 0 Å². The van der Waals surface area contributed by atoms with Crippen LogP contribution in [0, 0.1) is 0 Å². The molecule has 0 aromatic carbocycles. The van der Waals surface area contributed by atoms with Crippen LogP contribution < -0.4 is 0 Å². The van der Waals surface area contributed by atoms with E-state index < -0.39 is 39.2 Å². The molecule has 0 heterocycles. The van der Waals surface area contributed by atoms with Gasteiger partial charge in [0.25, 0.3) is 0 Å². The third-order valence-electron chi connectivity index (χ3n) is 11.1. The van der Waals surface area contributed by atoms with Gasteiger partial charge in [0.15, 0.2) is 0 Å². The highest BCUT2D eigenvalue weighted by Crippen LogP contribution is 2.43. The third kappa shape index (κ3) is 51.0. The lowest BCUT2D eigenvalue weighted by Gasteiger charge is -2.20. The van der Waals surface area contributed by atoms with Crippen molar-refractivity contribution in [3.05, 3.63) is 85.1 Å². The Labute approximate surface area is 405 Å². The molecule has 10 heteroatoms. The molecule has 0 aliphatic carbocycles. The molecule has 0 radical (unpaired) electrons. The van der Waals surface area contributed by atoms with Gasteiger partial charge in [0.1, 0.15) is 12.2 Å². The molecular weight excluding hydrogens is 848 g/mol. The predicted octanol–water partition coefficient (Wildman–Crippen LogP) is 15.8. The van der Waals surface area contributed by atoms with E-state index in [2.05, 4.69) is 98.9 Å². The molecule has 0 spiro atoms. The van der Waals surface area contributed by atoms with Crippen LogP contribution in [0.1, 0.15) is 219 Å². The number of hydrogen-bond acceptors (Lipinski definition) is 8. The van der Waals surface area contributed by atoms with Gasteiger partial charge in [-0.1, -0.05) is 208 Å².